The van der Waals surface area contributed by atoms with E-state index in [-0.39, 0.29) is 0 Å². The lowest BCUT2D eigenvalue weighted by molar-refractivity contribution is 0.389. The molecule has 19 heavy (non-hydrogen) atoms. The van der Waals surface area contributed by atoms with E-state index in [4.69, 9.17) is 16.1 Å². The summed E-state index contributed by atoms with van der Waals surface area (Å²) >= 11 is 5.96. The average Bonchev–Trinajstić information content (AvgIpc) is 2.94. The Morgan fingerprint density at radius 3 is 2.84 bits per heavy atom. The van der Waals surface area contributed by atoms with Crippen molar-refractivity contribution in [3.05, 3.63) is 41.2 Å². The Morgan fingerprint density at radius 1 is 1.32 bits per heavy atom. The van der Waals surface area contributed by atoms with Crippen LogP contribution in [0, 0.1) is 13.8 Å². The number of hydrogen-bond acceptors (Lipinski definition) is 4. The molecule has 3 heterocycles. The van der Waals surface area contributed by atoms with Gasteiger partial charge >= 0.3 is 0 Å². The monoisotopic (exact) mass is 276 g/mol. The smallest absolute Gasteiger partial charge is 0.160 e. The molecule has 0 spiro atoms. The van der Waals surface area contributed by atoms with Gasteiger partial charge in [0, 0.05) is 12.3 Å². The molecule has 3 aromatic rings. The van der Waals surface area contributed by atoms with Crippen LogP contribution in [-0.2, 0) is 12.4 Å². The summed E-state index contributed by atoms with van der Waals surface area (Å²) in [7, 11) is 0. The van der Waals surface area contributed by atoms with E-state index in [0.717, 1.165) is 34.0 Å². The highest BCUT2D eigenvalue weighted by atomic mass is 35.5. The zero-order valence-corrected chi connectivity index (χ0v) is 11.5. The molecular formula is C13H13ClN4O. The van der Waals surface area contributed by atoms with Crippen molar-refractivity contribution in [3.63, 3.8) is 0 Å². The number of alkyl halides is 1. The van der Waals surface area contributed by atoms with Crippen molar-refractivity contribution >= 4 is 22.8 Å². The van der Waals surface area contributed by atoms with Crippen LogP contribution in [0.5, 0.6) is 0 Å². The molecule has 0 unspecified atom stereocenters. The summed E-state index contributed by atoms with van der Waals surface area (Å²) in [5, 5.41) is 4.00. The molecule has 3 aromatic heterocycles. The van der Waals surface area contributed by atoms with Crippen LogP contribution in [0.25, 0.3) is 11.2 Å². The van der Waals surface area contributed by atoms with Gasteiger partial charge in [-0.2, -0.15) is 0 Å². The number of aromatic nitrogens is 4. The second kappa shape index (κ2) is 4.66. The van der Waals surface area contributed by atoms with Crippen molar-refractivity contribution in [2.24, 2.45) is 0 Å². The highest BCUT2D eigenvalue weighted by molar-refractivity contribution is 6.16. The maximum atomic E-state index is 5.96. The Balaban J connectivity index is 2.10. The maximum Gasteiger partial charge on any atom is 0.160 e. The predicted molar refractivity (Wildman–Crippen MR) is 72.2 cm³/mol. The minimum atomic E-state index is 0.340. The van der Waals surface area contributed by atoms with Crippen molar-refractivity contribution in [3.8, 4) is 0 Å². The fourth-order valence-electron chi connectivity index (χ4n) is 2.08. The van der Waals surface area contributed by atoms with Crippen LogP contribution in [0.4, 0.5) is 0 Å². The summed E-state index contributed by atoms with van der Waals surface area (Å²) < 4.78 is 7.05. The fourth-order valence-corrected chi connectivity index (χ4v) is 2.29. The molecule has 0 aliphatic rings. The second-order valence-electron chi connectivity index (χ2n) is 4.53. The summed E-state index contributed by atoms with van der Waals surface area (Å²) in [5.41, 5.74) is 3.60. The molecule has 0 saturated carbocycles. The third-order valence-corrected chi connectivity index (χ3v) is 3.16. The summed E-state index contributed by atoms with van der Waals surface area (Å²) in [6.07, 6.45) is 1.83. The molecule has 0 N–H and O–H groups in total. The van der Waals surface area contributed by atoms with Gasteiger partial charge in [-0.25, -0.2) is 9.97 Å². The van der Waals surface area contributed by atoms with E-state index in [1.54, 1.807) is 0 Å². The first-order valence-corrected chi connectivity index (χ1v) is 6.51. The third-order valence-electron chi connectivity index (χ3n) is 2.92. The van der Waals surface area contributed by atoms with Crippen LogP contribution in [0.2, 0.25) is 0 Å². The molecule has 98 valence electrons. The van der Waals surface area contributed by atoms with Gasteiger partial charge in [0.15, 0.2) is 5.65 Å². The summed E-state index contributed by atoms with van der Waals surface area (Å²) in [4.78, 5) is 8.94. The highest BCUT2D eigenvalue weighted by Crippen LogP contribution is 2.18. The van der Waals surface area contributed by atoms with E-state index in [1.807, 2.05) is 36.7 Å². The Labute approximate surface area is 115 Å². The number of rotatable bonds is 3. The molecule has 0 aliphatic carbocycles. The van der Waals surface area contributed by atoms with Crippen molar-refractivity contribution in [1.29, 1.82) is 0 Å². The molecule has 6 heteroatoms. The number of pyridine rings is 1. The van der Waals surface area contributed by atoms with Crippen LogP contribution in [0.3, 0.4) is 0 Å². The molecule has 0 aromatic carbocycles. The second-order valence-corrected chi connectivity index (χ2v) is 4.80. The Kier molecular flexibility index (Phi) is 2.98. The number of fused-ring (bicyclic) bond motifs is 1. The normalized spacial score (nSPS) is 11.3. The molecule has 0 fully saturated rings. The molecule has 0 radical (unpaired) electrons. The quantitative estimate of drug-likeness (QED) is 0.690. The highest BCUT2D eigenvalue weighted by Gasteiger charge is 2.13. The minimum Gasteiger partial charge on any atom is -0.361 e. The maximum absolute atomic E-state index is 5.96. The summed E-state index contributed by atoms with van der Waals surface area (Å²) in [6.45, 7) is 4.42. The van der Waals surface area contributed by atoms with Crippen molar-refractivity contribution in [2.45, 2.75) is 26.3 Å². The first kappa shape index (κ1) is 12.2. The fraction of sp³-hybridized carbons (Fsp3) is 0.308. The van der Waals surface area contributed by atoms with Crippen LogP contribution < -0.4 is 0 Å². The Morgan fingerprint density at radius 2 is 2.16 bits per heavy atom. The van der Waals surface area contributed by atoms with Gasteiger partial charge in [-0.05, 0) is 25.5 Å². The van der Waals surface area contributed by atoms with Crippen LogP contribution in [-0.4, -0.2) is 19.7 Å². The predicted octanol–water partition coefficient (Wildman–Crippen LogP) is 2.82. The van der Waals surface area contributed by atoms with E-state index >= 15 is 0 Å². The van der Waals surface area contributed by atoms with E-state index in [2.05, 4.69) is 15.1 Å². The van der Waals surface area contributed by atoms with Crippen molar-refractivity contribution in [1.82, 2.24) is 19.7 Å². The van der Waals surface area contributed by atoms with Gasteiger partial charge < -0.3 is 9.09 Å². The lowest BCUT2D eigenvalue weighted by atomic mass is 10.3. The van der Waals surface area contributed by atoms with Gasteiger partial charge in [0.2, 0.25) is 0 Å². The summed E-state index contributed by atoms with van der Waals surface area (Å²) in [6, 6.07) is 3.90. The van der Waals surface area contributed by atoms with Crippen LogP contribution in [0.1, 0.15) is 22.8 Å². The molecule has 0 saturated heterocycles. The van der Waals surface area contributed by atoms with Crippen molar-refractivity contribution in [2.75, 3.05) is 0 Å². The molecule has 0 amide bonds. The zero-order chi connectivity index (χ0) is 13.4. The lowest BCUT2D eigenvalue weighted by Crippen LogP contribution is -2.04. The number of nitrogens with zero attached hydrogens (tertiary/aromatic N) is 4. The van der Waals surface area contributed by atoms with E-state index in [9.17, 15) is 0 Å². The van der Waals surface area contributed by atoms with Crippen LogP contribution >= 0.6 is 11.6 Å². The minimum absolute atomic E-state index is 0.340. The van der Waals surface area contributed by atoms with Gasteiger partial charge in [0.25, 0.3) is 0 Å². The SMILES string of the molecule is Cc1cnc2c(c1)nc(CCl)n2Cc1cc(C)on1. The first-order valence-electron chi connectivity index (χ1n) is 5.97. The molecule has 0 atom stereocenters. The number of aryl methyl sites for hydroxylation is 2. The van der Waals surface area contributed by atoms with Gasteiger partial charge in [0.05, 0.1) is 12.4 Å². The zero-order valence-electron chi connectivity index (χ0n) is 10.7. The number of imidazole rings is 1. The topological polar surface area (TPSA) is 56.7 Å². The average molecular weight is 277 g/mol. The Hall–Kier alpha value is -1.88. The van der Waals surface area contributed by atoms with Gasteiger partial charge in [-0.1, -0.05) is 5.16 Å². The van der Waals surface area contributed by atoms with Gasteiger partial charge in [-0.15, -0.1) is 11.6 Å². The van der Waals surface area contributed by atoms with Crippen molar-refractivity contribution < 1.29 is 4.52 Å². The molecule has 0 aliphatic heterocycles. The summed E-state index contributed by atoms with van der Waals surface area (Å²) in [5.74, 6) is 1.91. The van der Waals surface area contributed by atoms with Gasteiger partial charge in [0.1, 0.15) is 22.8 Å². The molecular weight excluding hydrogens is 264 g/mol. The number of hydrogen-bond donors (Lipinski definition) is 0. The third kappa shape index (κ3) is 2.21. The molecule has 5 nitrogen and oxygen atoms in total. The number of halogens is 1. The van der Waals surface area contributed by atoms with E-state index in [0.29, 0.717) is 12.4 Å². The Bertz CT molecular complexity index is 731. The lowest BCUT2D eigenvalue weighted by Gasteiger charge is -2.03. The first-order chi connectivity index (χ1) is 9.17. The molecule has 0 bridgehead atoms. The molecule has 3 rings (SSSR count). The van der Waals surface area contributed by atoms with Gasteiger partial charge in [-0.3, -0.25) is 0 Å². The standard InChI is InChI=1S/C13H13ClN4O/c1-8-3-11-13(15-6-8)18(12(5-14)16-11)7-10-4-9(2)19-17-10/h3-4,6H,5,7H2,1-2H3. The van der Waals surface area contributed by atoms with E-state index in [1.165, 1.54) is 0 Å². The van der Waals surface area contributed by atoms with E-state index < -0.39 is 0 Å². The van der Waals surface area contributed by atoms with Crippen LogP contribution in [0.15, 0.2) is 22.9 Å². The largest absolute Gasteiger partial charge is 0.361 e.